The van der Waals surface area contributed by atoms with Gasteiger partial charge in [0.1, 0.15) is 0 Å². The van der Waals surface area contributed by atoms with E-state index in [1.165, 1.54) is 0 Å². The van der Waals surface area contributed by atoms with E-state index in [1.54, 1.807) is 17.1 Å². The van der Waals surface area contributed by atoms with Crippen molar-refractivity contribution in [3.63, 3.8) is 0 Å². The van der Waals surface area contributed by atoms with Crippen LogP contribution in [0.1, 0.15) is 11.3 Å². The van der Waals surface area contributed by atoms with E-state index in [0.717, 1.165) is 21.5 Å². The van der Waals surface area contributed by atoms with Gasteiger partial charge >= 0.3 is 0 Å². The summed E-state index contributed by atoms with van der Waals surface area (Å²) in [4.78, 5) is 4.23. The fraction of sp³-hybridized carbons (Fsp3) is 0.200. The molecular weight excluding hydrogens is 258 g/mol. The van der Waals surface area contributed by atoms with E-state index in [-0.39, 0.29) is 6.61 Å². The van der Waals surface area contributed by atoms with Crippen LogP contribution >= 0.6 is 15.9 Å². The van der Waals surface area contributed by atoms with Gasteiger partial charge in [-0.3, -0.25) is 0 Å². The molecule has 1 N–H and O–H groups in total. The molecule has 0 aliphatic rings. The quantitative estimate of drug-likeness (QED) is 0.904. The Kier molecular flexibility index (Phi) is 2.83. The van der Waals surface area contributed by atoms with E-state index in [4.69, 9.17) is 5.11 Å². The second-order valence-corrected chi connectivity index (χ2v) is 4.08. The fourth-order valence-corrected chi connectivity index (χ4v) is 1.56. The van der Waals surface area contributed by atoms with Crippen LogP contribution in [0.4, 0.5) is 0 Å². The maximum atomic E-state index is 9.04. The highest BCUT2D eigenvalue weighted by atomic mass is 79.9. The van der Waals surface area contributed by atoms with Gasteiger partial charge in [-0.1, -0.05) is 0 Å². The predicted molar refractivity (Wildman–Crippen MR) is 59.7 cm³/mol. The van der Waals surface area contributed by atoms with Gasteiger partial charge in [0.2, 0.25) is 0 Å². The van der Waals surface area contributed by atoms with Crippen LogP contribution in [0.2, 0.25) is 0 Å². The van der Waals surface area contributed by atoms with Gasteiger partial charge in [-0.2, -0.15) is 5.10 Å². The Hall–Kier alpha value is -1.20. The van der Waals surface area contributed by atoms with Crippen molar-refractivity contribution >= 4 is 15.9 Å². The van der Waals surface area contributed by atoms with Crippen LogP contribution in [0, 0.1) is 6.92 Å². The number of aliphatic hydroxyl groups excluding tert-OH is 1. The molecule has 0 bridgehead atoms. The van der Waals surface area contributed by atoms with E-state index < -0.39 is 0 Å². The van der Waals surface area contributed by atoms with Crippen molar-refractivity contribution in [2.75, 3.05) is 0 Å². The molecule has 2 heterocycles. The highest BCUT2D eigenvalue weighted by Crippen LogP contribution is 2.14. The largest absolute Gasteiger partial charge is 0.392 e. The summed E-state index contributed by atoms with van der Waals surface area (Å²) in [5.74, 6) is 0.746. The number of pyridine rings is 1. The summed E-state index contributed by atoms with van der Waals surface area (Å²) in [6, 6.07) is 3.77. The number of rotatable bonds is 2. The fourth-order valence-electron chi connectivity index (χ4n) is 1.32. The zero-order chi connectivity index (χ0) is 10.8. The first kappa shape index (κ1) is 10.3. The summed E-state index contributed by atoms with van der Waals surface area (Å²) < 4.78 is 2.64. The average molecular weight is 268 g/mol. The Labute approximate surface area is 95.7 Å². The van der Waals surface area contributed by atoms with Crippen LogP contribution < -0.4 is 0 Å². The van der Waals surface area contributed by atoms with E-state index in [1.807, 2.05) is 19.1 Å². The zero-order valence-electron chi connectivity index (χ0n) is 8.18. The lowest BCUT2D eigenvalue weighted by Crippen LogP contribution is -2.01. The van der Waals surface area contributed by atoms with Crippen molar-refractivity contribution in [2.45, 2.75) is 13.5 Å². The number of aliphatic hydroxyl groups is 1. The summed E-state index contributed by atoms with van der Waals surface area (Å²) in [5, 5.41) is 13.2. The van der Waals surface area contributed by atoms with Gasteiger partial charge in [0.15, 0.2) is 5.82 Å². The maximum Gasteiger partial charge on any atom is 0.153 e. The Bertz CT molecular complexity index is 464. The molecule has 0 saturated carbocycles. The minimum Gasteiger partial charge on any atom is -0.392 e. The van der Waals surface area contributed by atoms with Crippen molar-refractivity contribution < 1.29 is 5.11 Å². The molecule has 2 aromatic heterocycles. The molecule has 2 aromatic rings. The smallest absolute Gasteiger partial charge is 0.153 e. The molecule has 78 valence electrons. The van der Waals surface area contributed by atoms with Crippen LogP contribution in [0.15, 0.2) is 29.0 Å². The summed E-state index contributed by atoms with van der Waals surface area (Å²) >= 11 is 3.32. The lowest BCUT2D eigenvalue weighted by atomic mass is 10.3. The highest BCUT2D eigenvalue weighted by Gasteiger charge is 2.07. The third kappa shape index (κ3) is 1.93. The molecule has 2 rings (SSSR count). The molecular formula is C10H10BrN3O. The van der Waals surface area contributed by atoms with Crippen molar-refractivity contribution in [1.82, 2.24) is 14.8 Å². The van der Waals surface area contributed by atoms with Crippen LogP contribution in [-0.4, -0.2) is 19.9 Å². The third-order valence-electron chi connectivity index (χ3n) is 2.21. The van der Waals surface area contributed by atoms with Crippen molar-refractivity contribution in [3.05, 3.63) is 40.3 Å². The molecule has 4 nitrogen and oxygen atoms in total. The van der Waals surface area contributed by atoms with E-state index in [2.05, 4.69) is 26.0 Å². The topological polar surface area (TPSA) is 50.9 Å². The normalized spacial score (nSPS) is 10.6. The first-order valence-electron chi connectivity index (χ1n) is 4.48. The summed E-state index contributed by atoms with van der Waals surface area (Å²) in [6.45, 7) is 1.91. The maximum absolute atomic E-state index is 9.04. The van der Waals surface area contributed by atoms with Gasteiger partial charge in [-0.25, -0.2) is 9.67 Å². The van der Waals surface area contributed by atoms with E-state index >= 15 is 0 Å². The Morgan fingerprint density at radius 3 is 2.73 bits per heavy atom. The summed E-state index contributed by atoms with van der Waals surface area (Å²) in [5.41, 5.74) is 1.73. The van der Waals surface area contributed by atoms with Crippen molar-refractivity contribution in [2.24, 2.45) is 0 Å². The standard InChI is InChI=1S/C10H10BrN3O/c1-7-8(6-15)4-13-14(7)10-3-2-9(11)5-12-10/h2-5,15H,6H2,1H3. The van der Waals surface area contributed by atoms with Gasteiger partial charge in [0.05, 0.1) is 12.8 Å². The zero-order valence-corrected chi connectivity index (χ0v) is 9.77. The van der Waals surface area contributed by atoms with Crippen LogP contribution in [0.25, 0.3) is 5.82 Å². The number of aromatic nitrogens is 3. The summed E-state index contributed by atoms with van der Waals surface area (Å²) in [6.07, 6.45) is 3.37. The molecule has 0 amide bonds. The molecule has 0 atom stereocenters. The Morgan fingerprint density at radius 1 is 1.40 bits per heavy atom. The number of nitrogens with zero attached hydrogens (tertiary/aromatic N) is 3. The SMILES string of the molecule is Cc1c(CO)cnn1-c1ccc(Br)cn1. The average Bonchev–Trinajstić information content (AvgIpc) is 2.61. The molecule has 0 fully saturated rings. The van der Waals surface area contributed by atoms with Gasteiger partial charge in [-0.05, 0) is 35.0 Å². The minimum atomic E-state index is 0.00234. The van der Waals surface area contributed by atoms with E-state index in [0.29, 0.717) is 0 Å². The molecule has 5 heteroatoms. The lowest BCUT2D eigenvalue weighted by Gasteiger charge is -2.03. The van der Waals surface area contributed by atoms with Gasteiger partial charge < -0.3 is 5.11 Å². The van der Waals surface area contributed by atoms with Crippen molar-refractivity contribution in [3.8, 4) is 5.82 Å². The molecule has 0 aliphatic heterocycles. The number of hydrogen-bond acceptors (Lipinski definition) is 3. The molecule has 0 saturated heterocycles. The first-order chi connectivity index (χ1) is 7.22. The van der Waals surface area contributed by atoms with Crippen LogP contribution in [0.3, 0.4) is 0 Å². The van der Waals surface area contributed by atoms with Crippen LogP contribution in [0.5, 0.6) is 0 Å². The molecule has 0 aromatic carbocycles. The van der Waals surface area contributed by atoms with Crippen molar-refractivity contribution in [1.29, 1.82) is 0 Å². The second kappa shape index (κ2) is 4.12. The number of hydrogen-bond donors (Lipinski definition) is 1. The minimum absolute atomic E-state index is 0.00234. The molecule has 0 radical (unpaired) electrons. The van der Waals surface area contributed by atoms with Gasteiger partial charge in [0, 0.05) is 21.9 Å². The Morgan fingerprint density at radius 2 is 2.20 bits per heavy atom. The Balaban J connectivity index is 2.45. The molecule has 0 unspecified atom stereocenters. The molecule has 0 aliphatic carbocycles. The predicted octanol–water partition coefficient (Wildman–Crippen LogP) is 1.83. The van der Waals surface area contributed by atoms with Gasteiger partial charge in [0.25, 0.3) is 0 Å². The van der Waals surface area contributed by atoms with Gasteiger partial charge in [-0.15, -0.1) is 0 Å². The lowest BCUT2D eigenvalue weighted by molar-refractivity contribution is 0.281. The first-order valence-corrected chi connectivity index (χ1v) is 5.28. The monoisotopic (exact) mass is 267 g/mol. The highest BCUT2D eigenvalue weighted by molar-refractivity contribution is 9.10. The van der Waals surface area contributed by atoms with E-state index in [9.17, 15) is 0 Å². The number of halogens is 1. The summed E-state index contributed by atoms with van der Waals surface area (Å²) in [7, 11) is 0. The molecule has 15 heavy (non-hydrogen) atoms. The third-order valence-corrected chi connectivity index (χ3v) is 2.68. The second-order valence-electron chi connectivity index (χ2n) is 3.16. The van der Waals surface area contributed by atoms with Crippen LogP contribution in [-0.2, 0) is 6.61 Å². The molecule has 0 spiro atoms.